The number of urea groups is 1. The van der Waals surface area contributed by atoms with E-state index in [1.807, 2.05) is 0 Å². The third-order valence-corrected chi connectivity index (χ3v) is 3.87. The van der Waals surface area contributed by atoms with Crippen molar-refractivity contribution in [1.29, 1.82) is 0 Å². The van der Waals surface area contributed by atoms with E-state index in [4.69, 9.17) is 14.6 Å². The van der Waals surface area contributed by atoms with Crippen LogP contribution in [-0.4, -0.2) is 43.0 Å². The number of methoxy groups -OCH3 is 2. The van der Waals surface area contributed by atoms with Crippen LogP contribution in [0.3, 0.4) is 0 Å². The lowest BCUT2D eigenvalue weighted by molar-refractivity contribution is 0.0697. The van der Waals surface area contributed by atoms with Gasteiger partial charge in [0, 0.05) is 19.2 Å². The molecule has 0 aliphatic carbocycles. The predicted molar refractivity (Wildman–Crippen MR) is 98.1 cm³/mol. The molecule has 2 rings (SSSR count). The second-order valence-electron chi connectivity index (χ2n) is 5.73. The van der Waals surface area contributed by atoms with Crippen LogP contribution in [0.5, 0.6) is 11.5 Å². The summed E-state index contributed by atoms with van der Waals surface area (Å²) in [6.07, 6.45) is -0.936. The van der Waals surface area contributed by atoms with Crippen LogP contribution in [0.25, 0.3) is 0 Å². The Labute approximate surface area is 156 Å². The van der Waals surface area contributed by atoms with Crippen LogP contribution < -0.4 is 20.1 Å². The van der Waals surface area contributed by atoms with E-state index in [1.165, 1.54) is 26.4 Å². The number of carboxylic acids is 1. The van der Waals surface area contributed by atoms with Crippen molar-refractivity contribution in [3.63, 3.8) is 0 Å². The maximum atomic E-state index is 11.9. The SMILES string of the molecule is COc1cc(OC)cc(C(O)CNC(=O)NCc2ccc(C(=O)O)cc2)c1. The number of hydrogen-bond acceptors (Lipinski definition) is 5. The average molecular weight is 374 g/mol. The molecule has 0 saturated heterocycles. The van der Waals surface area contributed by atoms with Gasteiger partial charge in [-0.3, -0.25) is 0 Å². The van der Waals surface area contributed by atoms with Crippen molar-refractivity contribution in [3.8, 4) is 11.5 Å². The Bertz CT molecular complexity index is 769. The molecule has 0 aromatic heterocycles. The van der Waals surface area contributed by atoms with E-state index in [9.17, 15) is 14.7 Å². The predicted octanol–water partition coefficient (Wildman–Crippen LogP) is 1.93. The molecule has 0 bridgehead atoms. The summed E-state index contributed by atoms with van der Waals surface area (Å²) in [5.74, 6) is 0.0748. The smallest absolute Gasteiger partial charge is 0.335 e. The number of amides is 2. The maximum Gasteiger partial charge on any atom is 0.335 e. The summed E-state index contributed by atoms with van der Waals surface area (Å²) < 4.78 is 10.3. The number of carbonyl (C=O) groups excluding carboxylic acids is 1. The monoisotopic (exact) mass is 374 g/mol. The van der Waals surface area contributed by atoms with Crippen molar-refractivity contribution >= 4 is 12.0 Å². The van der Waals surface area contributed by atoms with Crippen molar-refractivity contribution in [2.75, 3.05) is 20.8 Å². The average Bonchev–Trinajstić information content (AvgIpc) is 2.70. The number of ether oxygens (including phenoxy) is 2. The van der Waals surface area contributed by atoms with Crippen molar-refractivity contribution in [1.82, 2.24) is 10.6 Å². The standard InChI is InChI=1S/C19H22N2O6/c1-26-15-7-14(8-16(9-15)27-2)17(22)11-21-19(25)20-10-12-3-5-13(6-4-12)18(23)24/h3-9,17,22H,10-11H2,1-2H3,(H,23,24)(H2,20,21,25). The van der Waals surface area contributed by atoms with Crippen molar-refractivity contribution < 1.29 is 29.3 Å². The Morgan fingerprint density at radius 3 is 2.11 bits per heavy atom. The van der Waals surface area contributed by atoms with Gasteiger partial charge >= 0.3 is 12.0 Å². The molecule has 8 heteroatoms. The molecule has 0 aliphatic heterocycles. The summed E-state index contributed by atoms with van der Waals surface area (Å²) in [4.78, 5) is 22.7. The maximum absolute atomic E-state index is 11.9. The quantitative estimate of drug-likeness (QED) is 0.561. The first-order valence-electron chi connectivity index (χ1n) is 8.18. The second-order valence-corrected chi connectivity index (χ2v) is 5.73. The molecule has 27 heavy (non-hydrogen) atoms. The highest BCUT2D eigenvalue weighted by Gasteiger charge is 2.12. The third kappa shape index (κ3) is 5.89. The van der Waals surface area contributed by atoms with Gasteiger partial charge in [0.05, 0.1) is 25.9 Å². The zero-order valence-corrected chi connectivity index (χ0v) is 15.1. The molecule has 0 fully saturated rings. The normalized spacial score (nSPS) is 11.4. The molecule has 0 saturated carbocycles. The fourth-order valence-corrected chi connectivity index (χ4v) is 2.34. The van der Waals surface area contributed by atoms with E-state index < -0.39 is 18.1 Å². The number of aromatic carboxylic acids is 1. The number of aliphatic hydroxyl groups excluding tert-OH is 1. The molecule has 0 heterocycles. The third-order valence-electron chi connectivity index (χ3n) is 3.87. The highest BCUT2D eigenvalue weighted by molar-refractivity contribution is 5.87. The summed E-state index contributed by atoms with van der Waals surface area (Å²) in [6.45, 7) is 0.231. The summed E-state index contributed by atoms with van der Waals surface area (Å²) in [5.41, 5.74) is 1.49. The van der Waals surface area contributed by atoms with Gasteiger partial charge in [0.25, 0.3) is 0 Å². The molecule has 2 aromatic rings. The highest BCUT2D eigenvalue weighted by atomic mass is 16.5. The topological polar surface area (TPSA) is 117 Å². The molecule has 0 aliphatic rings. The number of rotatable bonds is 8. The summed E-state index contributed by atoms with van der Waals surface area (Å²) in [5, 5.41) is 24.3. The molecule has 2 aromatic carbocycles. The summed E-state index contributed by atoms with van der Waals surface area (Å²) >= 11 is 0. The van der Waals surface area contributed by atoms with Gasteiger partial charge in [-0.2, -0.15) is 0 Å². The molecule has 4 N–H and O–H groups in total. The van der Waals surface area contributed by atoms with Gasteiger partial charge in [-0.1, -0.05) is 12.1 Å². The van der Waals surface area contributed by atoms with E-state index in [2.05, 4.69) is 10.6 Å². The summed E-state index contributed by atoms with van der Waals surface area (Å²) in [7, 11) is 3.03. The number of nitrogens with one attached hydrogen (secondary N) is 2. The molecule has 0 radical (unpaired) electrons. The molecular formula is C19H22N2O6. The first-order chi connectivity index (χ1) is 12.9. The molecular weight excluding hydrogens is 352 g/mol. The van der Waals surface area contributed by atoms with Crippen LogP contribution in [-0.2, 0) is 6.54 Å². The second kappa shape index (κ2) is 9.44. The fourth-order valence-electron chi connectivity index (χ4n) is 2.34. The van der Waals surface area contributed by atoms with Crippen molar-refractivity contribution in [3.05, 3.63) is 59.2 Å². The molecule has 1 atom stereocenters. The van der Waals surface area contributed by atoms with Gasteiger partial charge in [-0.25, -0.2) is 9.59 Å². The van der Waals surface area contributed by atoms with Crippen LogP contribution in [0, 0.1) is 0 Å². The van der Waals surface area contributed by atoms with Gasteiger partial charge in [-0.15, -0.1) is 0 Å². The highest BCUT2D eigenvalue weighted by Crippen LogP contribution is 2.26. The van der Waals surface area contributed by atoms with Crippen LogP contribution in [0.1, 0.15) is 27.6 Å². The lowest BCUT2D eigenvalue weighted by Gasteiger charge is -2.15. The van der Waals surface area contributed by atoms with Crippen LogP contribution >= 0.6 is 0 Å². The van der Waals surface area contributed by atoms with Gasteiger partial charge in [0.1, 0.15) is 11.5 Å². The Morgan fingerprint density at radius 2 is 1.59 bits per heavy atom. The van der Waals surface area contributed by atoms with Crippen molar-refractivity contribution in [2.24, 2.45) is 0 Å². The zero-order valence-electron chi connectivity index (χ0n) is 15.1. The first-order valence-corrected chi connectivity index (χ1v) is 8.18. The number of carboxylic acid groups (broad SMARTS) is 1. The van der Waals surface area contributed by atoms with E-state index in [1.54, 1.807) is 30.3 Å². The number of carbonyl (C=O) groups is 2. The van der Waals surface area contributed by atoms with E-state index in [0.717, 1.165) is 5.56 Å². The largest absolute Gasteiger partial charge is 0.497 e. The Morgan fingerprint density at radius 1 is 1.00 bits per heavy atom. The van der Waals surface area contributed by atoms with Gasteiger partial charge < -0.3 is 30.3 Å². The number of aliphatic hydroxyl groups is 1. The van der Waals surface area contributed by atoms with E-state index in [0.29, 0.717) is 17.1 Å². The molecule has 0 spiro atoms. The van der Waals surface area contributed by atoms with E-state index >= 15 is 0 Å². The Balaban J connectivity index is 1.85. The molecule has 8 nitrogen and oxygen atoms in total. The zero-order chi connectivity index (χ0) is 19.8. The lowest BCUT2D eigenvalue weighted by atomic mass is 10.1. The Kier molecular flexibility index (Phi) is 7.01. The fraction of sp³-hybridized carbons (Fsp3) is 0.263. The summed E-state index contributed by atoms with van der Waals surface area (Å²) in [6, 6.07) is 10.8. The molecule has 144 valence electrons. The first kappa shape index (κ1) is 20.1. The molecule has 1 unspecified atom stereocenters. The number of benzene rings is 2. The minimum Gasteiger partial charge on any atom is -0.497 e. The lowest BCUT2D eigenvalue weighted by Crippen LogP contribution is -2.37. The van der Waals surface area contributed by atoms with Gasteiger partial charge in [0.15, 0.2) is 0 Å². The van der Waals surface area contributed by atoms with Gasteiger partial charge in [0.2, 0.25) is 0 Å². The Hall–Kier alpha value is -3.26. The van der Waals surface area contributed by atoms with E-state index in [-0.39, 0.29) is 18.7 Å². The minimum atomic E-state index is -1.00. The number of hydrogen-bond donors (Lipinski definition) is 4. The molecule has 2 amide bonds. The van der Waals surface area contributed by atoms with Crippen LogP contribution in [0.2, 0.25) is 0 Å². The minimum absolute atomic E-state index is 0.000106. The van der Waals surface area contributed by atoms with Crippen LogP contribution in [0.4, 0.5) is 4.79 Å². The van der Waals surface area contributed by atoms with Crippen LogP contribution in [0.15, 0.2) is 42.5 Å². The van der Waals surface area contributed by atoms with Crippen molar-refractivity contribution in [2.45, 2.75) is 12.6 Å². The van der Waals surface area contributed by atoms with Gasteiger partial charge in [-0.05, 0) is 35.4 Å².